The van der Waals surface area contributed by atoms with Crippen LogP contribution in [-0.2, 0) is 16.6 Å². The molecular weight excluding hydrogens is 379 g/mol. The molecule has 2 N–H and O–H groups in total. The lowest BCUT2D eigenvalue weighted by atomic mass is 10.2. The first kappa shape index (κ1) is 19.7. The predicted octanol–water partition coefficient (Wildman–Crippen LogP) is 3.86. The Morgan fingerprint density at radius 1 is 0.964 bits per heavy atom. The molecule has 0 aliphatic rings. The summed E-state index contributed by atoms with van der Waals surface area (Å²) in [5, 5.41) is 2.61. The number of hydrogen-bond acceptors (Lipinski definition) is 3. The Morgan fingerprint density at radius 2 is 1.64 bits per heavy atom. The van der Waals surface area contributed by atoms with Crippen molar-refractivity contribution in [3.63, 3.8) is 0 Å². The Hall–Kier alpha value is -3.03. The normalized spacial score (nSPS) is 11.2. The van der Waals surface area contributed by atoms with Gasteiger partial charge in [0.1, 0.15) is 5.82 Å². The number of anilines is 1. The number of sulfonamides is 1. The molecule has 0 saturated heterocycles. The Bertz CT molecular complexity index is 1080. The second-order valence-corrected chi connectivity index (χ2v) is 8.07. The molecule has 144 valence electrons. The molecule has 0 unspecified atom stereocenters. The smallest absolute Gasteiger partial charge is 0.255 e. The van der Waals surface area contributed by atoms with Crippen molar-refractivity contribution in [1.82, 2.24) is 4.72 Å². The van der Waals surface area contributed by atoms with Crippen molar-refractivity contribution < 1.29 is 17.6 Å². The fraction of sp³-hybridized carbons (Fsp3) is 0.0952. The van der Waals surface area contributed by atoms with Crippen molar-refractivity contribution in [2.45, 2.75) is 18.4 Å². The van der Waals surface area contributed by atoms with Gasteiger partial charge in [-0.05, 0) is 55.0 Å². The van der Waals surface area contributed by atoms with E-state index < -0.39 is 21.7 Å². The number of amides is 1. The molecule has 1 amide bonds. The van der Waals surface area contributed by atoms with Crippen LogP contribution in [0, 0.1) is 12.7 Å². The molecule has 0 atom stereocenters. The van der Waals surface area contributed by atoms with Gasteiger partial charge in [-0.2, -0.15) is 0 Å². The van der Waals surface area contributed by atoms with Crippen LogP contribution in [0.15, 0.2) is 77.7 Å². The summed E-state index contributed by atoms with van der Waals surface area (Å²) >= 11 is 0. The lowest BCUT2D eigenvalue weighted by Gasteiger charge is -2.09. The average molecular weight is 398 g/mol. The first-order valence-electron chi connectivity index (χ1n) is 8.56. The molecule has 3 rings (SSSR count). The van der Waals surface area contributed by atoms with E-state index >= 15 is 0 Å². The molecule has 0 heterocycles. The number of carbonyl (C=O) groups excluding carboxylic acids is 1. The highest BCUT2D eigenvalue weighted by Crippen LogP contribution is 2.15. The summed E-state index contributed by atoms with van der Waals surface area (Å²) in [5.41, 5.74) is 2.52. The van der Waals surface area contributed by atoms with Gasteiger partial charge in [0.2, 0.25) is 10.0 Å². The van der Waals surface area contributed by atoms with Gasteiger partial charge in [-0.1, -0.05) is 35.9 Å². The molecule has 0 bridgehead atoms. The Balaban J connectivity index is 1.72. The Kier molecular flexibility index (Phi) is 5.87. The maximum atomic E-state index is 13.0. The van der Waals surface area contributed by atoms with Crippen LogP contribution in [0.1, 0.15) is 21.5 Å². The number of benzene rings is 3. The van der Waals surface area contributed by atoms with Crippen molar-refractivity contribution in [2.75, 3.05) is 5.32 Å². The highest BCUT2D eigenvalue weighted by atomic mass is 32.2. The third kappa shape index (κ3) is 5.03. The van der Waals surface area contributed by atoms with Crippen molar-refractivity contribution >= 4 is 21.6 Å². The van der Waals surface area contributed by atoms with Gasteiger partial charge in [-0.25, -0.2) is 17.5 Å². The van der Waals surface area contributed by atoms with E-state index in [2.05, 4.69) is 10.0 Å². The largest absolute Gasteiger partial charge is 0.322 e. The van der Waals surface area contributed by atoms with Crippen LogP contribution in [0.2, 0.25) is 0 Å². The topological polar surface area (TPSA) is 75.3 Å². The number of carbonyl (C=O) groups is 1. The van der Waals surface area contributed by atoms with E-state index in [4.69, 9.17) is 0 Å². The molecule has 0 aromatic heterocycles. The molecule has 0 spiro atoms. The zero-order valence-corrected chi connectivity index (χ0v) is 16.0. The number of halogens is 1. The molecule has 0 aliphatic carbocycles. The fourth-order valence-electron chi connectivity index (χ4n) is 2.51. The minimum absolute atomic E-state index is 0.00799. The molecular formula is C21H19FN2O3S. The summed E-state index contributed by atoms with van der Waals surface area (Å²) in [7, 11) is -3.78. The fourth-order valence-corrected chi connectivity index (χ4v) is 3.57. The van der Waals surface area contributed by atoms with E-state index in [0.717, 1.165) is 11.1 Å². The number of hydrogen-bond donors (Lipinski definition) is 2. The second-order valence-electron chi connectivity index (χ2n) is 6.30. The van der Waals surface area contributed by atoms with Crippen molar-refractivity contribution in [1.29, 1.82) is 0 Å². The van der Waals surface area contributed by atoms with Crippen LogP contribution in [0.5, 0.6) is 0 Å². The Morgan fingerprint density at radius 3 is 2.32 bits per heavy atom. The number of nitrogens with one attached hydrogen (secondary N) is 2. The van der Waals surface area contributed by atoms with E-state index in [1.807, 2.05) is 31.2 Å². The SMILES string of the molecule is Cc1ccc(CNS(=O)(=O)c2cccc(C(=O)Nc3ccc(F)cc3)c2)cc1. The Labute approximate surface area is 163 Å². The van der Waals surface area contributed by atoms with Gasteiger partial charge < -0.3 is 5.32 Å². The van der Waals surface area contributed by atoms with Crippen molar-refractivity contribution in [2.24, 2.45) is 0 Å². The van der Waals surface area contributed by atoms with Gasteiger partial charge in [0, 0.05) is 17.8 Å². The minimum atomic E-state index is -3.78. The van der Waals surface area contributed by atoms with Crippen LogP contribution in [0.25, 0.3) is 0 Å². The van der Waals surface area contributed by atoms with Crippen LogP contribution < -0.4 is 10.0 Å². The predicted molar refractivity (Wildman–Crippen MR) is 106 cm³/mol. The first-order valence-corrected chi connectivity index (χ1v) is 10.0. The van der Waals surface area contributed by atoms with E-state index in [1.165, 1.54) is 48.5 Å². The van der Waals surface area contributed by atoms with E-state index in [9.17, 15) is 17.6 Å². The van der Waals surface area contributed by atoms with E-state index in [-0.39, 0.29) is 17.0 Å². The summed E-state index contributed by atoms with van der Waals surface area (Å²) in [6.45, 7) is 2.10. The van der Waals surface area contributed by atoms with Gasteiger partial charge in [0.25, 0.3) is 5.91 Å². The number of aryl methyl sites for hydroxylation is 1. The zero-order chi connectivity index (χ0) is 20.1. The standard InChI is InChI=1S/C21H19FN2O3S/c1-15-5-7-16(8-6-15)14-23-28(26,27)20-4-2-3-17(13-20)21(25)24-19-11-9-18(22)10-12-19/h2-13,23H,14H2,1H3,(H,24,25). The lowest BCUT2D eigenvalue weighted by Crippen LogP contribution is -2.23. The maximum absolute atomic E-state index is 13.0. The summed E-state index contributed by atoms with van der Waals surface area (Å²) < 4.78 is 40.6. The highest BCUT2D eigenvalue weighted by molar-refractivity contribution is 7.89. The monoisotopic (exact) mass is 398 g/mol. The summed E-state index contributed by atoms with van der Waals surface area (Å²) in [4.78, 5) is 12.4. The average Bonchev–Trinajstić information content (AvgIpc) is 2.69. The third-order valence-corrected chi connectivity index (χ3v) is 5.49. The summed E-state index contributed by atoms with van der Waals surface area (Å²) in [6, 6.07) is 18.6. The molecule has 0 fully saturated rings. The molecule has 28 heavy (non-hydrogen) atoms. The van der Waals surface area contributed by atoms with Gasteiger partial charge in [-0.15, -0.1) is 0 Å². The van der Waals surface area contributed by atoms with Crippen LogP contribution in [0.3, 0.4) is 0 Å². The van der Waals surface area contributed by atoms with E-state index in [0.29, 0.717) is 5.69 Å². The second kappa shape index (κ2) is 8.33. The first-order chi connectivity index (χ1) is 13.3. The minimum Gasteiger partial charge on any atom is -0.322 e. The van der Waals surface area contributed by atoms with Crippen LogP contribution in [0.4, 0.5) is 10.1 Å². The van der Waals surface area contributed by atoms with Gasteiger partial charge in [0.05, 0.1) is 4.90 Å². The van der Waals surface area contributed by atoms with Gasteiger partial charge in [-0.3, -0.25) is 4.79 Å². The van der Waals surface area contributed by atoms with Gasteiger partial charge in [0.15, 0.2) is 0 Å². The third-order valence-electron chi connectivity index (χ3n) is 4.10. The molecule has 3 aromatic carbocycles. The maximum Gasteiger partial charge on any atom is 0.255 e. The molecule has 0 aliphatic heterocycles. The van der Waals surface area contributed by atoms with Crippen LogP contribution in [-0.4, -0.2) is 14.3 Å². The zero-order valence-electron chi connectivity index (χ0n) is 15.1. The molecule has 5 nitrogen and oxygen atoms in total. The van der Waals surface area contributed by atoms with Crippen LogP contribution >= 0.6 is 0 Å². The summed E-state index contributed by atoms with van der Waals surface area (Å²) in [5.74, 6) is -0.895. The van der Waals surface area contributed by atoms with E-state index in [1.54, 1.807) is 0 Å². The number of rotatable bonds is 6. The molecule has 0 radical (unpaired) electrons. The highest BCUT2D eigenvalue weighted by Gasteiger charge is 2.16. The quantitative estimate of drug-likeness (QED) is 0.662. The molecule has 3 aromatic rings. The molecule has 0 saturated carbocycles. The van der Waals surface area contributed by atoms with Gasteiger partial charge >= 0.3 is 0 Å². The lowest BCUT2D eigenvalue weighted by molar-refractivity contribution is 0.102. The van der Waals surface area contributed by atoms with Crippen molar-refractivity contribution in [3.8, 4) is 0 Å². The summed E-state index contributed by atoms with van der Waals surface area (Å²) in [6.07, 6.45) is 0. The van der Waals surface area contributed by atoms with Crippen molar-refractivity contribution in [3.05, 3.63) is 95.3 Å². The molecule has 7 heteroatoms.